The van der Waals surface area contributed by atoms with E-state index in [4.69, 9.17) is 16.3 Å². The molecule has 3 heterocycles. The second-order valence-corrected chi connectivity index (χ2v) is 6.42. The average Bonchev–Trinajstić information content (AvgIpc) is 3.14. The number of methoxy groups -OCH3 is 1. The Labute approximate surface area is 158 Å². The zero-order chi connectivity index (χ0) is 18.4. The van der Waals surface area contributed by atoms with Crippen LogP contribution in [0.3, 0.4) is 0 Å². The molecule has 0 bridgehead atoms. The molecule has 0 saturated carbocycles. The Kier molecular flexibility index (Phi) is 6.12. The maximum atomic E-state index is 6.25. The second-order valence-electron chi connectivity index (χ2n) is 6.02. The number of guanidine groups is 1. The van der Waals surface area contributed by atoms with Crippen LogP contribution in [0, 0.1) is 0 Å². The predicted octanol–water partition coefficient (Wildman–Crippen LogP) is 2.08. The van der Waals surface area contributed by atoms with Crippen LogP contribution < -0.4 is 20.3 Å². The highest BCUT2D eigenvalue weighted by Crippen LogP contribution is 2.25. The lowest BCUT2D eigenvalue weighted by Gasteiger charge is -2.20. The lowest BCUT2D eigenvalue weighted by atomic mass is 10.2. The second kappa shape index (κ2) is 8.71. The van der Waals surface area contributed by atoms with E-state index >= 15 is 0 Å². The summed E-state index contributed by atoms with van der Waals surface area (Å²) in [6.45, 7) is 2.38. The van der Waals surface area contributed by atoms with Crippen LogP contribution >= 0.6 is 11.6 Å². The van der Waals surface area contributed by atoms with Crippen molar-refractivity contribution in [2.75, 3.05) is 32.1 Å². The molecular weight excluding hydrogens is 352 g/mol. The van der Waals surface area contributed by atoms with Gasteiger partial charge in [0.05, 0.1) is 12.1 Å². The largest absolute Gasteiger partial charge is 0.481 e. The number of anilines is 1. The maximum Gasteiger partial charge on any atom is 0.213 e. The summed E-state index contributed by atoms with van der Waals surface area (Å²) in [5.41, 5.74) is 1.08. The zero-order valence-corrected chi connectivity index (χ0v) is 15.7. The molecule has 1 fully saturated rings. The molecule has 1 aliphatic heterocycles. The van der Waals surface area contributed by atoms with E-state index in [2.05, 4.69) is 30.5 Å². The zero-order valence-electron chi connectivity index (χ0n) is 14.9. The molecule has 1 atom stereocenters. The average molecular weight is 375 g/mol. The monoisotopic (exact) mass is 374 g/mol. The van der Waals surface area contributed by atoms with Crippen LogP contribution in [0.4, 0.5) is 5.82 Å². The number of halogens is 1. The normalized spacial score (nSPS) is 17.3. The minimum absolute atomic E-state index is 0.284. The third-order valence-corrected chi connectivity index (χ3v) is 4.55. The molecule has 3 rings (SSSR count). The molecule has 0 aromatic carbocycles. The lowest BCUT2D eigenvalue weighted by Crippen LogP contribution is -2.44. The standard InChI is InChI=1S/C18H23ClN6O/c1-20-18(23-11-13-5-8-21-16(10-13)26-2)24-14-6-9-25(12-14)17-15(19)4-3-7-22-17/h3-5,7-8,10,14H,6,9,11-12H2,1-2H3,(H2,20,23,24). The number of nitrogens with one attached hydrogen (secondary N) is 2. The molecule has 2 N–H and O–H groups in total. The van der Waals surface area contributed by atoms with Crippen molar-refractivity contribution in [3.8, 4) is 5.88 Å². The first-order chi connectivity index (χ1) is 12.7. The van der Waals surface area contributed by atoms with Gasteiger partial charge in [0.2, 0.25) is 5.88 Å². The molecule has 0 amide bonds. The van der Waals surface area contributed by atoms with Gasteiger partial charge in [0.1, 0.15) is 5.82 Å². The number of rotatable bonds is 5. The molecule has 1 aliphatic rings. The first-order valence-corrected chi connectivity index (χ1v) is 8.89. The van der Waals surface area contributed by atoms with Crippen molar-refractivity contribution in [1.29, 1.82) is 0 Å². The number of pyridine rings is 2. The summed E-state index contributed by atoms with van der Waals surface area (Å²) in [5.74, 6) is 2.20. The summed E-state index contributed by atoms with van der Waals surface area (Å²) in [6, 6.07) is 7.85. The van der Waals surface area contributed by atoms with Gasteiger partial charge in [-0.15, -0.1) is 0 Å². The van der Waals surface area contributed by atoms with Gasteiger partial charge in [0.15, 0.2) is 5.96 Å². The van der Waals surface area contributed by atoms with Crippen molar-refractivity contribution in [2.24, 2.45) is 4.99 Å². The first kappa shape index (κ1) is 18.3. The third kappa shape index (κ3) is 4.54. The van der Waals surface area contributed by atoms with Gasteiger partial charge >= 0.3 is 0 Å². The molecule has 8 heteroatoms. The number of ether oxygens (including phenoxy) is 1. The Hall–Kier alpha value is -2.54. The molecule has 138 valence electrons. The van der Waals surface area contributed by atoms with Gasteiger partial charge in [0.25, 0.3) is 0 Å². The highest BCUT2D eigenvalue weighted by molar-refractivity contribution is 6.32. The van der Waals surface area contributed by atoms with Gasteiger partial charge in [0, 0.05) is 51.2 Å². The van der Waals surface area contributed by atoms with E-state index < -0.39 is 0 Å². The van der Waals surface area contributed by atoms with Gasteiger partial charge in [-0.25, -0.2) is 9.97 Å². The SMILES string of the molecule is CN=C(NCc1ccnc(OC)c1)NC1CCN(c2ncccc2Cl)C1. The predicted molar refractivity (Wildman–Crippen MR) is 104 cm³/mol. The molecule has 26 heavy (non-hydrogen) atoms. The molecule has 0 aliphatic carbocycles. The summed E-state index contributed by atoms with van der Waals surface area (Å²) in [6.07, 6.45) is 4.50. The van der Waals surface area contributed by atoms with Gasteiger partial charge in [-0.05, 0) is 30.2 Å². The molecule has 0 radical (unpaired) electrons. The van der Waals surface area contributed by atoms with Crippen LogP contribution in [0.1, 0.15) is 12.0 Å². The first-order valence-electron chi connectivity index (χ1n) is 8.51. The number of nitrogens with zero attached hydrogens (tertiary/aromatic N) is 4. The van der Waals surface area contributed by atoms with Crippen LogP contribution in [-0.2, 0) is 6.54 Å². The van der Waals surface area contributed by atoms with Crippen molar-refractivity contribution < 1.29 is 4.74 Å². The van der Waals surface area contributed by atoms with E-state index in [1.54, 1.807) is 26.6 Å². The van der Waals surface area contributed by atoms with E-state index in [0.717, 1.165) is 36.9 Å². The summed E-state index contributed by atoms with van der Waals surface area (Å²) in [5, 5.41) is 7.47. The van der Waals surface area contributed by atoms with Crippen LogP contribution in [0.2, 0.25) is 5.02 Å². The fourth-order valence-corrected chi connectivity index (χ4v) is 3.17. The van der Waals surface area contributed by atoms with E-state index in [0.29, 0.717) is 17.4 Å². The minimum atomic E-state index is 0.284. The molecule has 7 nitrogen and oxygen atoms in total. The Morgan fingerprint density at radius 2 is 2.27 bits per heavy atom. The number of aliphatic imine (C=N–C) groups is 1. The Balaban J connectivity index is 1.53. The molecule has 1 unspecified atom stereocenters. The van der Waals surface area contributed by atoms with Gasteiger partial charge in [-0.2, -0.15) is 0 Å². The fourth-order valence-electron chi connectivity index (χ4n) is 2.93. The number of aromatic nitrogens is 2. The quantitative estimate of drug-likeness (QED) is 0.616. The van der Waals surface area contributed by atoms with Crippen LogP contribution in [0.15, 0.2) is 41.7 Å². The molecule has 2 aromatic heterocycles. The molecule has 1 saturated heterocycles. The Morgan fingerprint density at radius 1 is 1.38 bits per heavy atom. The van der Waals surface area contributed by atoms with Crippen molar-refractivity contribution >= 4 is 23.4 Å². The summed E-state index contributed by atoms with van der Waals surface area (Å²) in [7, 11) is 3.38. The van der Waals surface area contributed by atoms with E-state index in [9.17, 15) is 0 Å². The lowest BCUT2D eigenvalue weighted by molar-refractivity contribution is 0.397. The van der Waals surface area contributed by atoms with E-state index in [1.807, 2.05) is 24.3 Å². The maximum absolute atomic E-state index is 6.25. The van der Waals surface area contributed by atoms with Gasteiger partial charge in [-0.1, -0.05) is 11.6 Å². The highest BCUT2D eigenvalue weighted by atomic mass is 35.5. The van der Waals surface area contributed by atoms with Crippen molar-refractivity contribution in [1.82, 2.24) is 20.6 Å². The van der Waals surface area contributed by atoms with Gasteiger partial charge in [-0.3, -0.25) is 4.99 Å². The summed E-state index contributed by atoms with van der Waals surface area (Å²) < 4.78 is 5.15. The topological polar surface area (TPSA) is 74.7 Å². The highest BCUT2D eigenvalue weighted by Gasteiger charge is 2.25. The van der Waals surface area contributed by atoms with E-state index in [1.165, 1.54) is 0 Å². The summed E-state index contributed by atoms with van der Waals surface area (Å²) in [4.78, 5) is 15.0. The third-order valence-electron chi connectivity index (χ3n) is 4.26. The van der Waals surface area contributed by atoms with Crippen LogP contribution in [-0.4, -0.2) is 49.2 Å². The Morgan fingerprint density at radius 3 is 3.04 bits per heavy atom. The van der Waals surface area contributed by atoms with Crippen molar-refractivity contribution in [3.63, 3.8) is 0 Å². The fraction of sp³-hybridized carbons (Fsp3) is 0.389. The Bertz CT molecular complexity index is 769. The minimum Gasteiger partial charge on any atom is -0.481 e. The number of hydrogen-bond donors (Lipinski definition) is 2. The van der Waals surface area contributed by atoms with Crippen molar-refractivity contribution in [3.05, 3.63) is 47.2 Å². The number of hydrogen-bond acceptors (Lipinski definition) is 5. The summed E-state index contributed by atoms with van der Waals surface area (Å²) >= 11 is 6.25. The van der Waals surface area contributed by atoms with E-state index in [-0.39, 0.29) is 6.04 Å². The smallest absolute Gasteiger partial charge is 0.213 e. The molecule has 2 aromatic rings. The van der Waals surface area contributed by atoms with Gasteiger partial charge < -0.3 is 20.3 Å². The van der Waals surface area contributed by atoms with Crippen molar-refractivity contribution in [2.45, 2.75) is 19.0 Å². The van der Waals surface area contributed by atoms with Crippen LogP contribution in [0.5, 0.6) is 5.88 Å². The molecular formula is C18H23ClN6O. The van der Waals surface area contributed by atoms with Crippen LogP contribution in [0.25, 0.3) is 0 Å². The molecule has 0 spiro atoms.